The molecule has 0 saturated heterocycles. The Labute approximate surface area is 113 Å². The van der Waals surface area contributed by atoms with Crippen LogP contribution in [0.5, 0.6) is 5.75 Å². The van der Waals surface area contributed by atoms with Gasteiger partial charge in [0.15, 0.2) is 0 Å². The number of ether oxygens (including phenoxy) is 1. The van der Waals surface area contributed by atoms with E-state index in [2.05, 4.69) is 0 Å². The van der Waals surface area contributed by atoms with Gasteiger partial charge in [-0.2, -0.15) is 0 Å². The number of rotatable bonds is 2. The maximum Gasteiger partial charge on any atom is 0.269 e. The van der Waals surface area contributed by atoms with E-state index in [9.17, 15) is 14.9 Å². The molecular formula is C14H10N2O4. The number of benzene rings is 2. The van der Waals surface area contributed by atoms with Gasteiger partial charge in [0.25, 0.3) is 11.6 Å². The molecule has 2 aromatic carbocycles. The van der Waals surface area contributed by atoms with Gasteiger partial charge in [0.05, 0.1) is 4.92 Å². The molecule has 6 nitrogen and oxygen atoms in total. The number of carbonyl (C=O) groups excluding carboxylic acids is 1. The van der Waals surface area contributed by atoms with Gasteiger partial charge in [0.1, 0.15) is 5.75 Å². The lowest BCUT2D eigenvalue weighted by molar-refractivity contribution is -0.384. The fourth-order valence-electron chi connectivity index (χ4n) is 2.32. The average Bonchev–Trinajstić information content (AvgIpc) is 2.45. The Morgan fingerprint density at radius 3 is 2.65 bits per heavy atom. The van der Waals surface area contributed by atoms with Crippen LogP contribution in [0.2, 0.25) is 0 Å². The normalized spacial score (nSPS) is 15.7. The highest BCUT2D eigenvalue weighted by atomic mass is 16.6. The van der Waals surface area contributed by atoms with Crippen LogP contribution in [0.25, 0.3) is 11.1 Å². The molecule has 0 bridgehead atoms. The predicted octanol–water partition coefficient (Wildman–Crippen LogP) is 2.18. The molecule has 0 spiro atoms. The van der Waals surface area contributed by atoms with Gasteiger partial charge in [-0.05, 0) is 17.7 Å². The Kier molecular flexibility index (Phi) is 2.64. The summed E-state index contributed by atoms with van der Waals surface area (Å²) in [6.45, 7) is 0. The van der Waals surface area contributed by atoms with Gasteiger partial charge in [-0.1, -0.05) is 18.2 Å². The van der Waals surface area contributed by atoms with Gasteiger partial charge in [0.2, 0.25) is 6.10 Å². The number of fused-ring (bicyclic) bond motifs is 3. The molecule has 0 aliphatic carbocycles. The second-order valence-corrected chi connectivity index (χ2v) is 4.43. The molecule has 20 heavy (non-hydrogen) atoms. The van der Waals surface area contributed by atoms with E-state index in [1.807, 2.05) is 12.1 Å². The van der Waals surface area contributed by atoms with Gasteiger partial charge in [-0.25, -0.2) is 0 Å². The minimum Gasteiger partial charge on any atom is -0.475 e. The molecular weight excluding hydrogens is 260 g/mol. The maximum atomic E-state index is 11.5. The third-order valence-electron chi connectivity index (χ3n) is 3.21. The lowest BCUT2D eigenvalue weighted by Crippen LogP contribution is -2.28. The Morgan fingerprint density at radius 2 is 1.95 bits per heavy atom. The number of nitrogens with two attached hydrogens (primary N) is 1. The third kappa shape index (κ3) is 1.78. The number of para-hydroxylation sites is 1. The fraction of sp³-hybridized carbons (Fsp3) is 0.0714. The Bertz CT molecular complexity index is 727. The maximum absolute atomic E-state index is 11.5. The van der Waals surface area contributed by atoms with Crippen molar-refractivity contribution in [3.8, 4) is 16.9 Å². The SMILES string of the molecule is NC(=O)C1Oc2ccccc2-c2ccc([N+](=O)[O-])cc21. The zero-order valence-electron chi connectivity index (χ0n) is 10.3. The predicted molar refractivity (Wildman–Crippen MR) is 71.1 cm³/mol. The van der Waals surface area contributed by atoms with Gasteiger partial charge in [-0.3, -0.25) is 14.9 Å². The number of carbonyl (C=O) groups is 1. The molecule has 2 N–H and O–H groups in total. The van der Waals surface area contributed by atoms with Crippen molar-refractivity contribution in [2.45, 2.75) is 6.10 Å². The summed E-state index contributed by atoms with van der Waals surface area (Å²) in [5.41, 5.74) is 7.16. The summed E-state index contributed by atoms with van der Waals surface area (Å²) in [4.78, 5) is 21.9. The van der Waals surface area contributed by atoms with E-state index in [4.69, 9.17) is 10.5 Å². The molecule has 1 unspecified atom stereocenters. The number of nitro groups is 1. The minimum absolute atomic E-state index is 0.0991. The van der Waals surface area contributed by atoms with Gasteiger partial charge >= 0.3 is 0 Å². The van der Waals surface area contributed by atoms with E-state index in [0.717, 1.165) is 11.1 Å². The Morgan fingerprint density at radius 1 is 1.20 bits per heavy atom. The van der Waals surface area contributed by atoms with Crippen LogP contribution < -0.4 is 10.5 Å². The first-order valence-corrected chi connectivity index (χ1v) is 5.91. The zero-order valence-corrected chi connectivity index (χ0v) is 10.3. The van der Waals surface area contributed by atoms with Crippen molar-refractivity contribution in [2.24, 2.45) is 5.73 Å². The van der Waals surface area contributed by atoms with E-state index in [0.29, 0.717) is 11.3 Å². The summed E-state index contributed by atoms with van der Waals surface area (Å²) in [6, 6.07) is 11.5. The first kappa shape index (κ1) is 12.2. The van der Waals surface area contributed by atoms with Crippen LogP contribution in [0.3, 0.4) is 0 Å². The van der Waals surface area contributed by atoms with Crippen LogP contribution >= 0.6 is 0 Å². The molecule has 3 rings (SSSR count). The van der Waals surface area contributed by atoms with Crippen molar-refractivity contribution < 1.29 is 14.5 Å². The van der Waals surface area contributed by atoms with Gasteiger partial charge in [-0.15, -0.1) is 0 Å². The summed E-state index contributed by atoms with van der Waals surface area (Å²) in [5, 5.41) is 10.9. The van der Waals surface area contributed by atoms with Crippen LogP contribution in [-0.4, -0.2) is 10.8 Å². The molecule has 0 saturated carbocycles. The number of non-ortho nitro benzene ring substituents is 1. The first-order chi connectivity index (χ1) is 9.58. The summed E-state index contributed by atoms with van der Waals surface area (Å²) in [5.74, 6) is -0.140. The smallest absolute Gasteiger partial charge is 0.269 e. The molecule has 2 aromatic rings. The van der Waals surface area contributed by atoms with Crippen LogP contribution in [0, 0.1) is 10.1 Å². The molecule has 1 amide bonds. The highest BCUT2D eigenvalue weighted by Gasteiger charge is 2.31. The quantitative estimate of drug-likeness (QED) is 0.668. The van der Waals surface area contributed by atoms with Crippen molar-refractivity contribution in [3.05, 3.63) is 58.1 Å². The minimum atomic E-state index is -1.01. The molecule has 0 fully saturated rings. The molecule has 1 atom stereocenters. The van der Waals surface area contributed by atoms with Crippen LogP contribution in [0.4, 0.5) is 5.69 Å². The standard InChI is InChI=1S/C14H10N2O4/c15-14(17)13-11-7-8(16(18)19)5-6-9(11)10-3-1-2-4-12(10)20-13/h1-7,13H,(H2,15,17). The number of nitro benzene ring substituents is 1. The Balaban J connectivity index is 2.25. The second kappa shape index (κ2) is 4.34. The number of primary amides is 1. The summed E-state index contributed by atoms with van der Waals surface area (Å²) in [7, 11) is 0. The van der Waals surface area contributed by atoms with E-state index < -0.39 is 16.9 Å². The molecule has 1 aliphatic rings. The number of nitrogens with zero attached hydrogens (tertiary/aromatic N) is 1. The topological polar surface area (TPSA) is 95.5 Å². The number of hydrogen-bond acceptors (Lipinski definition) is 4. The average molecular weight is 270 g/mol. The van der Waals surface area contributed by atoms with Gasteiger partial charge in [0, 0.05) is 23.3 Å². The highest BCUT2D eigenvalue weighted by Crippen LogP contribution is 2.43. The largest absolute Gasteiger partial charge is 0.475 e. The van der Waals surface area contributed by atoms with E-state index in [1.54, 1.807) is 18.2 Å². The summed E-state index contributed by atoms with van der Waals surface area (Å²) in [6.07, 6.45) is -1.01. The first-order valence-electron chi connectivity index (χ1n) is 5.91. The second-order valence-electron chi connectivity index (χ2n) is 4.43. The number of hydrogen-bond donors (Lipinski definition) is 1. The van der Waals surface area contributed by atoms with Crippen LogP contribution in [0.15, 0.2) is 42.5 Å². The molecule has 6 heteroatoms. The third-order valence-corrected chi connectivity index (χ3v) is 3.21. The fourth-order valence-corrected chi connectivity index (χ4v) is 2.32. The monoisotopic (exact) mass is 270 g/mol. The van der Waals surface area contributed by atoms with Crippen molar-refractivity contribution in [1.29, 1.82) is 0 Å². The van der Waals surface area contributed by atoms with Crippen molar-refractivity contribution in [2.75, 3.05) is 0 Å². The van der Waals surface area contributed by atoms with Crippen molar-refractivity contribution >= 4 is 11.6 Å². The van der Waals surface area contributed by atoms with Crippen molar-refractivity contribution in [3.63, 3.8) is 0 Å². The molecule has 0 radical (unpaired) electrons. The van der Waals surface area contributed by atoms with Crippen molar-refractivity contribution in [1.82, 2.24) is 0 Å². The lowest BCUT2D eigenvalue weighted by Gasteiger charge is -2.26. The molecule has 1 heterocycles. The molecule has 100 valence electrons. The lowest BCUT2D eigenvalue weighted by atomic mass is 9.92. The summed E-state index contributed by atoms with van der Waals surface area (Å²) >= 11 is 0. The molecule has 0 aromatic heterocycles. The van der Waals surface area contributed by atoms with E-state index in [-0.39, 0.29) is 5.69 Å². The van der Waals surface area contributed by atoms with E-state index >= 15 is 0 Å². The van der Waals surface area contributed by atoms with Gasteiger partial charge < -0.3 is 10.5 Å². The Hall–Kier alpha value is -2.89. The van der Waals surface area contributed by atoms with E-state index in [1.165, 1.54) is 12.1 Å². The highest BCUT2D eigenvalue weighted by molar-refractivity contribution is 5.88. The summed E-state index contributed by atoms with van der Waals surface area (Å²) < 4.78 is 5.56. The van der Waals surface area contributed by atoms with Crippen LogP contribution in [-0.2, 0) is 4.79 Å². The zero-order chi connectivity index (χ0) is 14.3. The number of amides is 1. The van der Waals surface area contributed by atoms with Crippen LogP contribution in [0.1, 0.15) is 11.7 Å². The molecule has 1 aliphatic heterocycles.